The molecule has 0 amide bonds. The Bertz CT molecular complexity index is 666. The van der Waals surface area contributed by atoms with Crippen molar-refractivity contribution < 1.29 is 18.3 Å². The van der Waals surface area contributed by atoms with E-state index in [1.807, 2.05) is 0 Å². The highest BCUT2D eigenvalue weighted by Crippen LogP contribution is 2.46. The molecule has 2 fully saturated rings. The monoisotopic (exact) mass is 310 g/mol. The number of nitrogens with one attached hydrogen (secondary N) is 1. The van der Waals surface area contributed by atoms with E-state index >= 15 is 0 Å². The summed E-state index contributed by atoms with van der Waals surface area (Å²) in [6.07, 6.45) is 4.69. The number of benzene rings is 1. The Labute approximate surface area is 123 Å². The molecule has 1 aromatic rings. The first kappa shape index (κ1) is 14.3. The molecule has 1 aromatic carbocycles. The van der Waals surface area contributed by atoms with Gasteiger partial charge >= 0.3 is 5.97 Å². The van der Waals surface area contributed by atoms with Crippen LogP contribution in [0.3, 0.4) is 0 Å². The number of nitrogens with two attached hydrogens (primary N) is 1. The second kappa shape index (κ2) is 4.99. The van der Waals surface area contributed by atoms with E-state index in [-0.39, 0.29) is 10.5 Å². The number of hydrogen-bond donors (Lipinski definition) is 3. The van der Waals surface area contributed by atoms with Crippen LogP contribution in [0.15, 0.2) is 23.1 Å². The lowest BCUT2D eigenvalue weighted by molar-refractivity contribution is 0.0697. The Morgan fingerprint density at radius 2 is 1.81 bits per heavy atom. The maximum atomic E-state index is 11.4. The van der Waals surface area contributed by atoms with E-state index in [1.165, 1.54) is 37.8 Å². The average molecular weight is 310 g/mol. The van der Waals surface area contributed by atoms with Gasteiger partial charge in [0.2, 0.25) is 10.0 Å². The number of aromatic carboxylic acids is 1. The summed E-state index contributed by atoms with van der Waals surface area (Å²) in [5, 5.41) is 17.7. The van der Waals surface area contributed by atoms with Crippen LogP contribution in [0.1, 0.15) is 36.0 Å². The minimum atomic E-state index is -3.90. The lowest BCUT2D eigenvalue weighted by atomic mass is 10.1. The molecule has 6 nitrogen and oxygen atoms in total. The Kier molecular flexibility index (Phi) is 3.41. The number of anilines is 1. The predicted molar refractivity (Wildman–Crippen MR) is 77.6 cm³/mol. The van der Waals surface area contributed by atoms with Gasteiger partial charge < -0.3 is 10.4 Å². The Morgan fingerprint density at radius 3 is 2.24 bits per heavy atom. The third kappa shape index (κ3) is 3.19. The number of carbonyl (C=O) groups is 1. The number of carboxylic acids is 1. The first-order valence-electron chi connectivity index (χ1n) is 7.03. The maximum absolute atomic E-state index is 11.4. The van der Waals surface area contributed by atoms with E-state index in [0.717, 1.165) is 6.07 Å². The Hall–Kier alpha value is -1.60. The van der Waals surface area contributed by atoms with Gasteiger partial charge in [-0.1, -0.05) is 0 Å². The minimum absolute atomic E-state index is 0.0483. The summed E-state index contributed by atoms with van der Waals surface area (Å²) in [6.45, 7) is 0. The third-order valence-corrected chi connectivity index (χ3v) is 5.04. The van der Waals surface area contributed by atoms with Crippen molar-refractivity contribution in [3.63, 3.8) is 0 Å². The second-order valence-electron chi connectivity index (χ2n) is 5.90. The molecule has 7 heteroatoms. The first-order valence-corrected chi connectivity index (χ1v) is 8.57. The van der Waals surface area contributed by atoms with Gasteiger partial charge in [-0.3, -0.25) is 0 Å². The summed E-state index contributed by atoms with van der Waals surface area (Å²) in [6, 6.07) is 4.27. The lowest BCUT2D eigenvalue weighted by Crippen LogP contribution is -2.25. The van der Waals surface area contributed by atoms with Crippen LogP contribution in [0.25, 0.3) is 0 Å². The van der Waals surface area contributed by atoms with Gasteiger partial charge in [-0.05, 0) is 55.7 Å². The Balaban J connectivity index is 1.91. The molecule has 2 saturated carbocycles. The van der Waals surface area contributed by atoms with Gasteiger partial charge in [0.25, 0.3) is 0 Å². The van der Waals surface area contributed by atoms with Crippen molar-refractivity contribution in [2.24, 2.45) is 17.0 Å². The zero-order valence-corrected chi connectivity index (χ0v) is 12.3. The van der Waals surface area contributed by atoms with Gasteiger partial charge in [-0.2, -0.15) is 0 Å². The highest BCUT2D eigenvalue weighted by molar-refractivity contribution is 7.89. The number of primary sulfonamides is 1. The van der Waals surface area contributed by atoms with E-state index in [1.54, 1.807) is 0 Å². The van der Waals surface area contributed by atoms with Crippen molar-refractivity contribution in [2.45, 2.75) is 36.6 Å². The molecule has 0 unspecified atom stereocenters. The Morgan fingerprint density at radius 1 is 1.24 bits per heavy atom. The van der Waals surface area contributed by atoms with Crippen molar-refractivity contribution in [1.29, 1.82) is 0 Å². The van der Waals surface area contributed by atoms with E-state index in [4.69, 9.17) is 5.14 Å². The summed E-state index contributed by atoms with van der Waals surface area (Å²) in [5.41, 5.74) is 0.423. The quantitative estimate of drug-likeness (QED) is 0.740. The van der Waals surface area contributed by atoms with Gasteiger partial charge in [-0.15, -0.1) is 0 Å². The normalized spacial score (nSPS) is 18.8. The molecule has 0 saturated heterocycles. The summed E-state index contributed by atoms with van der Waals surface area (Å²) in [4.78, 5) is 11.2. The maximum Gasteiger partial charge on any atom is 0.337 e. The van der Waals surface area contributed by atoms with Crippen molar-refractivity contribution in [3.8, 4) is 0 Å². The molecule has 114 valence electrons. The van der Waals surface area contributed by atoms with Crippen LogP contribution in [0, 0.1) is 11.8 Å². The number of hydrogen-bond acceptors (Lipinski definition) is 4. The van der Waals surface area contributed by atoms with Crippen molar-refractivity contribution >= 4 is 21.7 Å². The first-order chi connectivity index (χ1) is 9.86. The fourth-order valence-corrected chi connectivity index (χ4v) is 3.25. The molecule has 3 rings (SSSR count). The van der Waals surface area contributed by atoms with Crippen LogP contribution in [0.5, 0.6) is 0 Å². The van der Waals surface area contributed by atoms with Crippen LogP contribution < -0.4 is 10.5 Å². The molecule has 2 aliphatic rings. The van der Waals surface area contributed by atoms with Crippen LogP contribution >= 0.6 is 0 Å². The predicted octanol–water partition coefficient (Wildman–Crippen LogP) is 1.63. The fraction of sp³-hybridized carbons (Fsp3) is 0.500. The van der Waals surface area contributed by atoms with E-state index < -0.39 is 16.0 Å². The van der Waals surface area contributed by atoms with Crippen LogP contribution in [-0.4, -0.2) is 25.5 Å². The zero-order valence-electron chi connectivity index (χ0n) is 11.5. The van der Waals surface area contributed by atoms with Crippen molar-refractivity contribution in [2.75, 3.05) is 5.32 Å². The summed E-state index contributed by atoms with van der Waals surface area (Å²) >= 11 is 0. The molecular formula is C14H18N2O4S. The SMILES string of the molecule is NS(=O)(=O)c1ccc(NC(C2CC2)C2CC2)c(C(=O)O)c1. The molecule has 2 aliphatic carbocycles. The van der Waals surface area contributed by atoms with Crippen LogP contribution in [0.2, 0.25) is 0 Å². The smallest absolute Gasteiger partial charge is 0.337 e. The summed E-state index contributed by atoms with van der Waals surface area (Å²) in [7, 11) is -3.90. The van der Waals surface area contributed by atoms with E-state index in [2.05, 4.69) is 5.32 Å². The van der Waals surface area contributed by atoms with Gasteiger partial charge in [0.1, 0.15) is 0 Å². The van der Waals surface area contributed by atoms with Crippen LogP contribution in [-0.2, 0) is 10.0 Å². The van der Waals surface area contributed by atoms with Gasteiger partial charge in [-0.25, -0.2) is 18.4 Å². The van der Waals surface area contributed by atoms with Crippen molar-refractivity contribution in [1.82, 2.24) is 0 Å². The lowest BCUT2D eigenvalue weighted by Gasteiger charge is -2.20. The summed E-state index contributed by atoms with van der Waals surface area (Å²) < 4.78 is 22.7. The molecule has 21 heavy (non-hydrogen) atoms. The molecule has 0 aromatic heterocycles. The summed E-state index contributed by atoms with van der Waals surface area (Å²) in [5.74, 6) is 0.0578. The molecule has 0 atom stereocenters. The largest absolute Gasteiger partial charge is 0.478 e. The number of sulfonamides is 1. The molecule has 0 aliphatic heterocycles. The van der Waals surface area contributed by atoms with Gasteiger partial charge in [0, 0.05) is 11.7 Å². The number of rotatable bonds is 6. The molecule has 4 N–H and O–H groups in total. The molecule has 0 radical (unpaired) electrons. The number of carboxylic acid groups (broad SMARTS) is 1. The molecule has 0 heterocycles. The van der Waals surface area contributed by atoms with E-state index in [9.17, 15) is 18.3 Å². The highest BCUT2D eigenvalue weighted by Gasteiger charge is 2.41. The van der Waals surface area contributed by atoms with Gasteiger partial charge in [0.05, 0.1) is 10.5 Å². The minimum Gasteiger partial charge on any atom is -0.478 e. The topological polar surface area (TPSA) is 109 Å². The molecule has 0 bridgehead atoms. The second-order valence-corrected chi connectivity index (χ2v) is 7.46. The van der Waals surface area contributed by atoms with Gasteiger partial charge in [0.15, 0.2) is 0 Å². The third-order valence-electron chi connectivity index (χ3n) is 4.13. The van der Waals surface area contributed by atoms with Crippen molar-refractivity contribution in [3.05, 3.63) is 23.8 Å². The molecular weight excluding hydrogens is 292 g/mol. The average Bonchev–Trinajstić information content (AvgIpc) is 3.26. The fourth-order valence-electron chi connectivity index (χ4n) is 2.71. The van der Waals surface area contributed by atoms with E-state index in [0.29, 0.717) is 23.6 Å². The highest BCUT2D eigenvalue weighted by atomic mass is 32.2. The van der Waals surface area contributed by atoms with Crippen LogP contribution in [0.4, 0.5) is 5.69 Å². The zero-order chi connectivity index (χ0) is 15.2. The molecule has 0 spiro atoms. The standard InChI is InChI=1S/C14H18N2O4S/c15-21(19,20)10-5-6-12(11(7-10)14(17)18)16-13(8-1-2-8)9-3-4-9/h5-9,13,16H,1-4H2,(H,17,18)(H2,15,19,20).